The van der Waals surface area contributed by atoms with Crippen molar-refractivity contribution in [3.63, 3.8) is 0 Å². The molecule has 18 aromatic carbocycles. The maximum Gasteiger partial charge on any atom is 0.0555 e. The van der Waals surface area contributed by atoms with E-state index in [1.165, 1.54) is 205 Å². The zero-order chi connectivity index (χ0) is 72.1. The Kier molecular flexibility index (Phi) is 14.1. The van der Waals surface area contributed by atoms with Crippen molar-refractivity contribution in [2.45, 2.75) is 0 Å². The number of hydrogen-bond acceptors (Lipinski definition) is 2. The average molecular weight is 1430 g/mol. The molecule has 0 saturated heterocycles. The molecule has 24 aromatic rings. The van der Waals surface area contributed by atoms with Gasteiger partial charge in [-0.2, -0.15) is 0 Å². The molecule has 512 valence electrons. The molecule has 0 radical (unpaired) electrons. The third kappa shape index (κ3) is 9.83. The van der Waals surface area contributed by atoms with E-state index in [0.29, 0.717) is 0 Å². The molecule has 0 aliphatic rings. The molecule has 6 heteroatoms. The van der Waals surface area contributed by atoms with Gasteiger partial charge in [0.15, 0.2) is 0 Å². The van der Waals surface area contributed by atoms with Gasteiger partial charge in [0.1, 0.15) is 0 Å². The van der Waals surface area contributed by atoms with Gasteiger partial charge in [0.25, 0.3) is 0 Å². The van der Waals surface area contributed by atoms with Crippen LogP contribution in [0.2, 0.25) is 0 Å². The summed E-state index contributed by atoms with van der Waals surface area (Å²) < 4.78 is 15.1. The number of hydrogen-bond donors (Lipinski definition) is 0. The molecule has 0 fully saturated rings. The van der Waals surface area contributed by atoms with Gasteiger partial charge in [-0.3, -0.25) is 0 Å². The fourth-order valence-corrected chi connectivity index (χ4v) is 20.2. The van der Waals surface area contributed by atoms with Crippen LogP contribution in [-0.4, -0.2) is 18.3 Å². The average Bonchev–Trinajstić information content (AvgIpc) is 1.59. The minimum atomic E-state index is 1.16. The number of benzene rings is 18. The third-order valence-corrected chi connectivity index (χ3v) is 25.2. The van der Waals surface area contributed by atoms with E-state index < -0.39 is 0 Å². The highest BCUT2D eigenvalue weighted by molar-refractivity contribution is 7.26. The molecule has 0 bridgehead atoms. The van der Waals surface area contributed by atoms with Crippen molar-refractivity contribution < 1.29 is 0 Å². The molecule has 0 saturated carbocycles. The van der Waals surface area contributed by atoms with Gasteiger partial charge in [-0.05, 0) is 189 Å². The summed E-state index contributed by atoms with van der Waals surface area (Å²) in [6.07, 6.45) is 0. The molecule has 4 nitrogen and oxygen atoms in total. The summed E-state index contributed by atoms with van der Waals surface area (Å²) in [5.74, 6) is 0. The van der Waals surface area contributed by atoms with Crippen molar-refractivity contribution in [1.29, 1.82) is 0 Å². The van der Waals surface area contributed by atoms with Gasteiger partial charge in [0, 0.05) is 106 Å². The minimum absolute atomic E-state index is 1.16. The molecule has 24 rings (SSSR count). The van der Waals surface area contributed by atoms with E-state index in [4.69, 9.17) is 0 Å². The fourth-order valence-electron chi connectivity index (χ4n) is 17.9. The summed E-state index contributed by atoms with van der Waals surface area (Å²) in [5.41, 5.74) is 24.2. The number of fused-ring (bicyclic) bond motifs is 20. The van der Waals surface area contributed by atoms with Crippen molar-refractivity contribution >= 4 is 172 Å². The Bertz CT molecular complexity index is 7890. The molecular formula is C104H64N4S2. The van der Waals surface area contributed by atoms with Crippen LogP contribution in [-0.2, 0) is 0 Å². The van der Waals surface area contributed by atoms with E-state index in [1.807, 2.05) is 22.7 Å². The first-order chi connectivity index (χ1) is 54.5. The summed E-state index contributed by atoms with van der Waals surface area (Å²) in [6, 6.07) is 143. The summed E-state index contributed by atoms with van der Waals surface area (Å²) in [7, 11) is 0. The van der Waals surface area contributed by atoms with E-state index in [1.54, 1.807) is 0 Å². The zero-order valence-electron chi connectivity index (χ0n) is 59.6. The summed E-state index contributed by atoms with van der Waals surface area (Å²) in [5, 5.41) is 20.3. The first kappa shape index (κ1) is 62.3. The van der Waals surface area contributed by atoms with E-state index >= 15 is 0 Å². The van der Waals surface area contributed by atoms with Gasteiger partial charge in [-0.1, -0.05) is 255 Å². The lowest BCUT2D eigenvalue weighted by Crippen LogP contribution is -1.95. The lowest BCUT2D eigenvalue weighted by molar-refractivity contribution is 1.18. The fraction of sp³-hybridized carbons (Fsp3) is 0. The maximum atomic E-state index is 2.47. The monoisotopic (exact) mass is 1430 g/mol. The van der Waals surface area contributed by atoms with Crippen molar-refractivity contribution in [3.8, 4) is 67.3 Å². The lowest BCUT2D eigenvalue weighted by atomic mass is 10.00. The Morgan fingerprint density at radius 1 is 0.145 bits per heavy atom. The maximum absolute atomic E-state index is 2.47. The van der Waals surface area contributed by atoms with Crippen molar-refractivity contribution in [2.24, 2.45) is 0 Å². The van der Waals surface area contributed by atoms with Crippen molar-refractivity contribution in [1.82, 2.24) is 18.3 Å². The lowest BCUT2D eigenvalue weighted by Gasteiger charge is -2.12. The predicted molar refractivity (Wildman–Crippen MR) is 473 cm³/mol. The number of aromatic nitrogens is 4. The number of nitrogens with zero attached hydrogens (tertiary/aromatic N) is 4. The first-order valence-corrected chi connectivity index (χ1v) is 39.3. The van der Waals surface area contributed by atoms with E-state index in [2.05, 4.69) is 407 Å². The number of rotatable bonds is 8. The number of para-hydroxylation sites is 2. The molecular weight excluding hydrogens is 1370 g/mol. The van der Waals surface area contributed by atoms with Crippen LogP contribution in [0, 0.1) is 0 Å². The smallest absolute Gasteiger partial charge is 0.0555 e. The summed E-state index contributed by atoms with van der Waals surface area (Å²) in [6.45, 7) is 0. The Balaban J connectivity index is 0.000000132. The molecule has 6 aromatic heterocycles. The molecule has 0 atom stereocenters. The van der Waals surface area contributed by atoms with Gasteiger partial charge in [0.2, 0.25) is 0 Å². The largest absolute Gasteiger partial charge is 0.309 e. The van der Waals surface area contributed by atoms with Crippen LogP contribution >= 0.6 is 22.7 Å². The molecule has 0 amide bonds. The van der Waals surface area contributed by atoms with Crippen LogP contribution in [0.15, 0.2) is 388 Å². The minimum Gasteiger partial charge on any atom is -0.309 e. The second-order valence-corrected chi connectivity index (χ2v) is 31.2. The van der Waals surface area contributed by atoms with Crippen LogP contribution in [0.5, 0.6) is 0 Å². The molecule has 0 aliphatic carbocycles. The quantitative estimate of drug-likeness (QED) is 0.144. The van der Waals surface area contributed by atoms with Gasteiger partial charge in [-0.25, -0.2) is 0 Å². The van der Waals surface area contributed by atoms with Gasteiger partial charge >= 0.3 is 0 Å². The standard InChI is InChI=1S/2C52H32N2S/c1-2-12-33(13-3-1)35-16-10-17-38(28-35)53-48-26-24-37(30-43(48)44-32-52-45(31-50(44)53)41-20-7-9-23-51(41)55-52)36-25-27-49-42(29-36)40-19-6-8-21-47(40)54(49)46-22-11-15-34-14-4-5-18-39(34)46;1-2-12-33(13-3-1)35-16-10-17-38(28-35)53-48-26-24-37(30-43(48)44-31-45-41-20-7-9-23-51(41)55-52(45)32-50(44)53)36-25-27-49-42(29-36)40-19-6-8-21-47(40)54(49)46-22-11-15-34-14-4-5-18-39(34)46/h2*1-32H. The SMILES string of the molecule is c1ccc(-c2cccc(-n3c4ccc(-c5ccc6c(c5)c5ccccc5n6-c5cccc6ccccc56)cc4c4cc5c(cc43)sc3ccccc35)c2)cc1.c1ccc(-c2cccc(-n3c4ccc(-c5ccc6c(c5)c5ccccc5n6-c5cccc6ccccc56)cc4c4cc5sc6ccccc6c5cc43)c2)cc1. The molecule has 0 aliphatic heterocycles. The highest BCUT2D eigenvalue weighted by Crippen LogP contribution is 2.47. The van der Waals surface area contributed by atoms with Crippen LogP contribution in [0.25, 0.3) is 216 Å². The second-order valence-electron chi connectivity index (χ2n) is 29.1. The van der Waals surface area contributed by atoms with Crippen molar-refractivity contribution in [3.05, 3.63) is 388 Å². The molecule has 0 unspecified atom stereocenters. The van der Waals surface area contributed by atoms with Crippen LogP contribution in [0.3, 0.4) is 0 Å². The highest BCUT2D eigenvalue weighted by Gasteiger charge is 2.23. The van der Waals surface area contributed by atoms with Gasteiger partial charge in [0.05, 0.1) is 55.5 Å². The topological polar surface area (TPSA) is 19.7 Å². The molecule has 6 heterocycles. The Morgan fingerprint density at radius 2 is 0.464 bits per heavy atom. The van der Waals surface area contributed by atoms with E-state index in [9.17, 15) is 0 Å². The van der Waals surface area contributed by atoms with Crippen LogP contribution < -0.4 is 0 Å². The Morgan fingerprint density at radius 3 is 0.945 bits per heavy atom. The summed E-state index contributed by atoms with van der Waals surface area (Å²) >= 11 is 3.76. The Hall–Kier alpha value is -13.9. The highest BCUT2D eigenvalue weighted by atomic mass is 32.1. The van der Waals surface area contributed by atoms with Crippen molar-refractivity contribution in [2.75, 3.05) is 0 Å². The second kappa shape index (κ2) is 24.9. The van der Waals surface area contributed by atoms with Crippen LogP contribution in [0.1, 0.15) is 0 Å². The predicted octanol–water partition coefficient (Wildman–Crippen LogP) is 29.5. The van der Waals surface area contributed by atoms with E-state index in [0.717, 1.165) is 11.4 Å². The molecule has 0 N–H and O–H groups in total. The Labute approximate surface area is 640 Å². The molecule has 110 heavy (non-hydrogen) atoms. The third-order valence-electron chi connectivity index (χ3n) is 23.0. The van der Waals surface area contributed by atoms with E-state index in [-0.39, 0.29) is 0 Å². The van der Waals surface area contributed by atoms with Gasteiger partial charge in [-0.15, -0.1) is 22.7 Å². The summed E-state index contributed by atoms with van der Waals surface area (Å²) in [4.78, 5) is 0. The molecule has 0 spiro atoms. The van der Waals surface area contributed by atoms with Gasteiger partial charge < -0.3 is 18.3 Å². The normalized spacial score (nSPS) is 12.0. The number of thiophene rings is 2. The zero-order valence-corrected chi connectivity index (χ0v) is 61.2. The first-order valence-electron chi connectivity index (χ1n) is 37.7. The van der Waals surface area contributed by atoms with Crippen LogP contribution in [0.4, 0.5) is 0 Å².